The molecule has 1 aromatic rings. The highest BCUT2D eigenvalue weighted by Gasteiger charge is 2.50. The number of aromatic nitrogens is 2. The zero-order chi connectivity index (χ0) is 12.7. The number of fused-ring (bicyclic) bond motifs is 1. The minimum atomic E-state index is 0.182. The van der Waals surface area contributed by atoms with Crippen LogP contribution in [0.4, 0.5) is 5.13 Å². The first-order valence-corrected chi connectivity index (χ1v) is 7.41. The first-order valence-electron chi connectivity index (χ1n) is 6.64. The van der Waals surface area contributed by atoms with Gasteiger partial charge in [0.05, 0.1) is 12.1 Å². The van der Waals surface area contributed by atoms with Gasteiger partial charge < -0.3 is 15.8 Å². The number of ether oxygens (including phenoxy) is 1. The van der Waals surface area contributed by atoms with E-state index in [1.54, 1.807) is 0 Å². The monoisotopic (exact) mass is 268 g/mol. The summed E-state index contributed by atoms with van der Waals surface area (Å²) in [4.78, 5) is 4.49. The highest BCUT2D eigenvalue weighted by molar-refractivity contribution is 7.09. The van der Waals surface area contributed by atoms with E-state index in [4.69, 9.17) is 10.5 Å². The molecule has 5 nitrogen and oxygen atoms in total. The van der Waals surface area contributed by atoms with Crippen molar-refractivity contribution < 1.29 is 4.74 Å². The molecule has 4 atom stereocenters. The van der Waals surface area contributed by atoms with E-state index in [0.717, 1.165) is 24.0 Å². The van der Waals surface area contributed by atoms with Crippen LogP contribution in [0.1, 0.15) is 38.4 Å². The van der Waals surface area contributed by atoms with Gasteiger partial charge in [-0.2, -0.15) is 4.37 Å². The average molecular weight is 268 g/mol. The smallest absolute Gasteiger partial charge is 0.202 e. The molecule has 0 radical (unpaired) electrons. The molecule has 0 bridgehead atoms. The number of rotatable bonds is 3. The van der Waals surface area contributed by atoms with Crippen LogP contribution >= 0.6 is 11.5 Å². The highest BCUT2D eigenvalue weighted by atomic mass is 32.1. The Labute approximate surface area is 111 Å². The van der Waals surface area contributed by atoms with Gasteiger partial charge in [-0.1, -0.05) is 13.8 Å². The number of nitrogens with one attached hydrogen (secondary N) is 1. The fourth-order valence-corrected chi connectivity index (χ4v) is 3.55. The van der Waals surface area contributed by atoms with Crippen LogP contribution in [-0.2, 0) is 4.74 Å². The Balaban J connectivity index is 1.65. The van der Waals surface area contributed by atoms with Crippen LogP contribution in [0.25, 0.3) is 0 Å². The van der Waals surface area contributed by atoms with Gasteiger partial charge in [0.15, 0.2) is 0 Å². The number of anilines is 1. The van der Waals surface area contributed by atoms with Crippen LogP contribution in [-0.4, -0.2) is 34.2 Å². The molecular formula is C12H20N4OS. The summed E-state index contributed by atoms with van der Waals surface area (Å²) in [5.41, 5.74) is 6.21. The van der Waals surface area contributed by atoms with Gasteiger partial charge in [-0.3, -0.25) is 0 Å². The second kappa shape index (κ2) is 4.75. The SMILES string of the molecule is CC(C)c1nsc(NC2C(N)C3CCCOC32)n1. The van der Waals surface area contributed by atoms with Crippen LogP contribution in [0, 0.1) is 5.92 Å². The normalized spacial score (nSPS) is 35.1. The predicted octanol–water partition coefficient (Wildman–Crippen LogP) is 1.58. The number of nitrogens with zero attached hydrogens (tertiary/aromatic N) is 2. The lowest BCUT2D eigenvalue weighted by molar-refractivity contribution is -0.104. The third kappa shape index (κ3) is 2.02. The quantitative estimate of drug-likeness (QED) is 0.870. The molecule has 0 spiro atoms. The van der Waals surface area contributed by atoms with Gasteiger partial charge in [-0.25, -0.2) is 4.98 Å². The van der Waals surface area contributed by atoms with Gasteiger partial charge in [-0.05, 0) is 12.8 Å². The predicted molar refractivity (Wildman–Crippen MR) is 71.8 cm³/mol. The molecule has 1 saturated heterocycles. The lowest BCUT2D eigenvalue weighted by atomic mass is 9.69. The molecule has 4 unspecified atom stereocenters. The van der Waals surface area contributed by atoms with E-state index in [2.05, 4.69) is 28.5 Å². The molecule has 0 amide bonds. The summed E-state index contributed by atoms with van der Waals surface area (Å²) in [7, 11) is 0. The standard InChI is InChI=1S/C12H20N4OS/c1-6(2)11-15-12(18-16-11)14-9-8(13)7-4-3-5-17-10(7)9/h6-10H,3-5,13H2,1-2H3,(H,14,15,16). The van der Waals surface area contributed by atoms with Gasteiger partial charge in [0.25, 0.3) is 0 Å². The Morgan fingerprint density at radius 2 is 2.33 bits per heavy atom. The highest BCUT2D eigenvalue weighted by Crippen LogP contribution is 2.38. The van der Waals surface area contributed by atoms with Crippen LogP contribution in [0.2, 0.25) is 0 Å². The molecule has 1 saturated carbocycles. The molecule has 0 aromatic carbocycles. The van der Waals surface area contributed by atoms with Crippen LogP contribution in [0.15, 0.2) is 0 Å². The molecular weight excluding hydrogens is 248 g/mol. The molecule has 2 aliphatic rings. The zero-order valence-electron chi connectivity index (χ0n) is 10.8. The van der Waals surface area contributed by atoms with Crippen molar-refractivity contribution in [3.8, 4) is 0 Å². The second-order valence-electron chi connectivity index (χ2n) is 5.50. The first-order chi connectivity index (χ1) is 8.66. The van der Waals surface area contributed by atoms with E-state index in [1.165, 1.54) is 18.0 Å². The number of nitrogens with two attached hydrogens (primary N) is 1. The maximum Gasteiger partial charge on any atom is 0.202 e. The Hall–Kier alpha value is -0.720. The van der Waals surface area contributed by atoms with E-state index in [-0.39, 0.29) is 18.2 Å². The van der Waals surface area contributed by atoms with Gasteiger partial charge in [0.2, 0.25) is 5.13 Å². The maximum atomic E-state index is 6.21. The van der Waals surface area contributed by atoms with Crippen LogP contribution < -0.4 is 11.1 Å². The summed E-state index contributed by atoms with van der Waals surface area (Å²) in [6.07, 6.45) is 2.59. The minimum Gasteiger partial charge on any atom is -0.376 e. The van der Waals surface area contributed by atoms with Gasteiger partial charge in [-0.15, -0.1) is 0 Å². The molecule has 100 valence electrons. The summed E-state index contributed by atoms with van der Waals surface area (Å²) in [6, 6.07) is 0.380. The Bertz CT molecular complexity index is 422. The summed E-state index contributed by atoms with van der Waals surface area (Å²) in [5, 5.41) is 4.26. The summed E-state index contributed by atoms with van der Waals surface area (Å²) < 4.78 is 10.1. The molecule has 18 heavy (non-hydrogen) atoms. The van der Waals surface area contributed by atoms with E-state index in [1.807, 2.05) is 0 Å². The zero-order valence-corrected chi connectivity index (χ0v) is 11.6. The van der Waals surface area contributed by atoms with E-state index in [9.17, 15) is 0 Å². The fourth-order valence-electron chi connectivity index (χ4n) is 2.80. The Kier molecular flexibility index (Phi) is 3.25. The first kappa shape index (κ1) is 12.3. The lowest BCUT2D eigenvalue weighted by Gasteiger charge is -2.52. The van der Waals surface area contributed by atoms with Crippen molar-refractivity contribution in [2.45, 2.75) is 50.8 Å². The van der Waals surface area contributed by atoms with Crippen molar-refractivity contribution >= 4 is 16.7 Å². The van der Waals surface area contributed by atoms with Crippen molar-refractivity contribution in [2.75, 3.05) is 11.9 Å². The molecule has 6 heteroatoms. The summed E-state index contributed by atoms with van der Waals surface area (Å²) >= 11 is 1.41. The van der Waals surface area contributed by atoms with Gasteiger partial charge >= 0.3 is 0 Å². The van der Waals surface area contributed by atoms with E-state index >= 15 is 0 Å². The van der Waals surface area contributed by atoms with Crippen LogP contribution in [0.5, 0.6) is 0 Å². The number of hydrogen-bond donors (Lipinski definition) is 2. The molecule has 1 aromatic heterocycles. The van der Waals surface area contributed by atoms with Gasteiger partial charge in [0, 0.05) is 36.0 Å². The fraction of sp³-hybridized carbons (Fsp3) is 0.833. The maximum absolute atomic E-state index is 6.21. The third-order valence-corrected chi connectivity index (χ3v) is 4.59. The Morgan fingerprint density at radius 3 is 3.06 bits per heavy atom. The molecule has 3 rings (SSSR count). The Morgan fingerprint density at radius 1 is 1.50 bits per heavy atom. The molecule has 2 fully saturated rings. The summed E-state index contributed by atoms with van der Waals surface area (Å²) in [6.45, 7) is 5.06. The minimum absolute atomic E-state index is 0.182. The second-order valence-corrected chi connectivity index (χ2v) is 6.25. The lowest BCUT2D eigenvalue weighted by Crippen LogP contribution is -2.69. The largest absolute Gasteiger partial charge is 0.376 e. The summed E-state index contributed by atoms with van der Waals surface area (Å²) in [5.74, 6) is 1.79. The van der Waals surface area contributed by atoms with E-state index < -0.39 is 0 Å². The van der Waals surface area contributed by atoms with E-state index in [0.29, 0.717) is 11.8 Å². The van der Waals surface area contributed by atoms with Crippen molar-refractivity contribution in [3.63, 3.8) is 0 Å². The number of hydrogen-bond acceptors (Lipinski definition) is 6. The van der Waals surface area contributed by atoms with Crippen molar-refractivity contribution in [1.82, 2.24) is 9.36 Å². The molecule has 1 aliphatic carbocycles. The molecule has 3 N–H and O–H groups in total. The topological polar surface area (TPSA) is 73.1 Å². The van der Waals surface area contributed by atoms with Crippen molar-refractivity contribution in [1.29, 1.82) is 0 Å². The average Bonchev–Trinajstić information content (AvgIpc) is 2.84. The third-order valence-electron chi connectivity index (χ3n) is 3.93. The van der Waals surface area contributed by atoms with Gasteiger partial charge in [0.1, 0.15) is 5.82 Å². The molecule has 2 heterocycles. The molecule has 1 aliphatic heterocycles. The van der Waals surface area contributed by atoms with Crippen molar-refractivity contribution in [3.05, 3.63) is 5.82 Å². The van der Waals surface area contributed by atoms with Crippen molar-refractivity contribution in [2.24, 2.45) is 11.7 Å². The van der Waals surface area contributed by atoms with Crippen LogP contribution in [0.3, 0.4) is 0 Å².